The molecular formula is C14H16N2O2. The SMILES string of the molecule is CCCc1cn(CC(=O)O)nc1-c1ccccc1. The van der Waals surface area contributed by atoms with Crippen LogP contribution in [0.25, 0.3) is 11.3 Å². The minimum atomic E-state index is -0.875. The molecule has 0 saturated heterocycles. The zero-order valence-corrected chi connectivity index (χ0v) is 10.3. The smallest absolute Gasteiger partial charge is 0.325 e. The van der Waals surface area contributed by atoms with E-state index in [4.69, 9.17) is 5.11 Å². The molecule has 0 saturated carbocycles. The summed E-state index contributed by atoms with van der Waals surface area (Å²) in [5.74, 6) is -0.875. The van der Waals surface area contributed by atoms with Crippen LogP contribution in [0.15, 0.2) is 36.5 Å². The lowest BCUT2D eigenvalue weighted by Crippen LogP contribution is -2.08. The summed E-state index contributed by atoms with van der Waals surface area (Å²) in [5, 5.41) is 13.2. The van der Waals surface area contributed by atoms with Gasteiger partial charge in [-0.2, -0.15) is 5.10 Å². The van der Waals surface area contributed by atoms with Crippen molar-refractivity contribution in [3.63, 3.8) is 0 Å². The molecule has 0 radical (unpaired) electrons. The predicted molar refractivity (Wildman–Crippen MR) is 69.3 cm³/mol. The third kappa shape index (κ3) is 2.77. The van der Waals surface area contributed by atoms with Crippen LogP contribution < -0.4 is 0 Å². The van der Waals surface area contributed by atoms with Gasteiger partial charge >= 0.3 is 5.97 Å². The molecule has 1 aromatic heterocycles. The second-order valence-corrected chi connectivity index (χ2v) is 4.21. The van der Waals surface area contributed by atoms with Gasteiger partial charge in [-0.15, -0.1) is 0 Å². The largest absolute Gasteiger partial charge is 0.480 e. The van der Waals surface area contributed by atoms with Gasteiger partial charge in [-0.3, -0.25) is 9.48 Å². The van der Waals surface area contributed by atoms with Crippen LogP contribution in [-0.4, -0.2) is 20.9 Å². The molecule has 0 atom stereocenters. The number of rotatable bonds is 5. The highest BCUT2D eigenvalue weighted by Gasteiger charge is 2.11. The first-order valence-electron chi connectivity index (χ1n) is 6.04. The number of carboxylic acid groups (broad SMARTS) is 1. The van der Waals surface area contributed by atoms with Crippen molar-refractivity contribution in [2.75, 3.05) is 0 Å². The number of aliphatic carboxylic acids is 1. The highest BCUT2D eigenvalue weighted by molar-refractivity contribution is 5.67. The van der Waals surface area contributed by atoms with E-state index in [1.807, 2.05) is 36.5 Å². The number of nitrogens with zero attached hydrogens (tertiary/aromatic N) is 2. The zero-order chi connectivity index (χ0) is 13.0. The van der Waals surface area contributed by atoms with Crippen molar-refractivity contribution in [3.8, 4) is 11.3 Å². The van der Waals surface area contributed by atoms with Crippen molar-refractivity contribution in [1.82, 2.24) is 9.78 Å². The van der Waals surface area contributed by atoms with Gasteiger partial charge in [-0.25, -0.2) is 0 Å². The summed E-state index contributed by atoms with van der Waals surface area (Å²) in [5.41, 5.74) is 3.02. The molecule has 94 valence electrons. The van der Waals surface area contributed by atoms with Gasteiger partial charge in [0, 0.05) is 11.8 Å². The third-order valence-electron chi connectivity index (χ3n) is 2.70. The van der Waals surface area contributed by atoms with Gasteiger partial charge in [0.1, 0.15) is 6.54 Å². The summed E-state index contributed by atoms with van der Waals surface area (Å²) in [7, 11) is 0. The van der Waals surface area contributed by atoms with E-state index in [0.29, 0.717) is 0 Å². The van der Waals surface area contributed by atoms with E-state index in [1.165, 1.54) is 4.68 Å². The van der Waals surface area contributed by atoms with Crippen LogP contribution in [0.1, 0.15) is 18.9 Å². The first-order chi connectivity index (χ1) is 8.70. The topological polar surface area (TPSA) is 55.1 Å². The lowest BCUT2D eigenvalue weighted by atomic mass is 10.1. The minimum absolute atomic E-state index is 0.0937. The van der Waals surface area contributed by atoms with Gasteiger partial charge in [0.05, 0.1) is 5.69 Å². The standard InChI is InChI=1S/C14H16N2O2/c1-2-6-12-9-16(10-13(17)18)15-14(12)11-7-4-3-5-8-11/h3-5,7-9H,2,6,10H2,1H3,(H,17,18). The van der Waals surface area contributed by atoms with Crippen LogP contribution in [0, 0.1) is 0 Å². The van der Waals surface area contributed by atoms with Gasteiger partial charge in [-0.1, -0.05) is 43.7 Å². The Balaban J connectivity index is 2.38. The maximum Gasteiger partial charge on any atom is 0.325 e. The number of aryl methyl sites for hydroxylation is 1. The van der Waals surface area contributed by atoms with E-state index in [2.05, 4.69) is 12.0 Å². The van der Waals surface area contributed by atoms with Crippen LogP contribution in [0.5, 0.6) is 0 Å². The van der Waals surface area contributed by atoms with E-state index >= 15 is 0 Å². The number of carboxylic acids is 1. The molecule has 1 N–H and O–H groups in total. The van der Waals surface area contributed by atoms with E-state index in [0.717, 1.165) is 29.7 Å². The lowest BCUT2D eigenvalue weighted by molar-refractivity contribution is -0.137. The van der Waals surface area contributed by atoms with Crippen LogP contribution in [0.2, 0.25) is 0 Å². The molecule has 1 aromatic carbocycles. The highest BCUT2D eigenvalue weighted by Crippen LogP contribution is 2.22. The molecule has 4 heteroatoms. The molecule has 2 rings (SSSR count). The molecule has 2 aromatic rings. The first kappa shape index (κ1) is 12.4. The molecule has 0 fully saturated rings. The van der Waals surface area contributed by atoms with Crippen molar-refractivity contribution >= 4 is 5.97 Å². The fourth-order valence-electron chi connectivity index (χ4n) is 1.97. The van der Waals surface area contributed by atoms with Crippen LogP contribution in [-0.2, 0) is 17.8 Å². The van der Waals surface area contributed by atoms with Crippen LogP contribution >= 0.6 is 0 Å². The Labute approximate surface area is 106 Å². The number of aromatic nitrogens is 2. The van der Waals surface area contributed by atoms with Gasteiger partial charge < -0.3 is 5.11 Å². The summed E-state index contributed by atoms with van der Waals surface area (Å²) in [6.45, 7) is 2.01. The fraction of sp³-hybridized carbons (Fsp3) is 0.286. The number of hydrogen-bond acceptors (Lipinski definition) is 2. The Morgan fingerprint density at radius 1 is 1.33 bits per heavy atom. The minimum Gasteiger partial charge on any atom is -0.480 e. The molecular weight excluding hydrogens is 228 g/mol. The molecule has 0 spiro atoms. The average Bonchev–Trinajstić information content (AvgIpc) is 2.73. The van der Waals surface area contributed by atoms with Crippen molar-refractivity contribution < 1.29 is 9.90 Å². The Morgan fingerprint density at radius 3 is 2.67 bits per heavy atom. The number of benzene rings is 1. The Morgan fingerprint density at radius 2 is 2.06 bits per heavy atom. The Hall–Kier alpha value is -2.10. The third-order valence-corrected chi connectivity index (χ3v) is 2.70. The molecule has 0 unspecified atom stereocenters. The van der Waals surface area contributed by atoms with Crippen molar-refractivity contribution in [1.29, 1.82) is 0 Å². The molecule has 0 amide bonds. The Kier molecular flexibility index (Phi) is 3.77. The monoisotopic (exact) mass is 244 g/mol. The average molecular weight is 244 g/mol. The summed E-state index contributed by atoms with van der Waals surface area (Å²) >= 11 is 0. The molecule has 4 nitrogen and oxygen atoms in total. The first-order valence-corrected chi connectivity index (χ1v) is 6.04. The van der Waals surface area contributed by atoms with Crippen LogP contribution in [0.3, 0.4) is 0 Å². The van der Waals surface area contributed by atoms with Crippen molar-refractivity contribution in [2.24, 2.45) is 0 Å². The second-order valence-electron chi connectivity index (χ2n) is 4.21. The van der Waals surface area contributed by atoms with E-state index in [1.54, 1.807) is 0 Å². The molecule has 0 bridgehead atoms. The maximum atomic E-state index is 10.7. The quantitative estimate of drug-likeness (QED) is 0.879. The molecule has 0 aliphatic rings. The Bertz CT molecular complexity index is 532. The lowest BCUT2D eigenvalue weighted by Gasteiger charge is -2.00. The van der Waals surface area contributed by atoms with Crippen molar-refractivity contribution in [2.45, 2.75) is 26.3 Å². The van der Waals surface area contributed by atoms with E-state index < -0.39 is 5.97 Å². The molecule has 1 heterocycles. The molecule has 18 heavy (non-hydrogen) atoms. The summed E-state index contributed by atoms with van der Waals surface area (Å²) in [6.07, 6.45) is 3.75. The summed E-state index contributed by atoms with van der Waals surface area (Å²) in [6, 6.07) is 9.86. The summed E-state index contributed by atoms with van der Waals surface area (Å²) < 4.78 is 1.50. The zero-order valence-electron chi connectivity index (χ0n) is 10.3. The van der Waals surface area contributed by atoms with Crippen LogP contribution in [0.4, 0.5) is 0 Å². The second kappa shape index (κ2) is 5.49. The van der Waals surface area contributed by atoms with Gasteiger partial charge in [0.15, 0.2) is 0 Å². The molecule has 0 aliphatic carbocycles. The van der Waals surface area contributed by atoms with Crippen molar-refractivity contribution in [3.05, 3.63) is 42.1 Å². The fourth-order valence-corrected chi connectivity index (χ4v) is 1.97. The number of hydrogen-bond donors (Lipinski definition) is 1. The number of carbonyl (C=O) groups is 1. The van der Waals surface area contributed by atoms with Gasteiger partial charge in [0.2, 0.25) is 0 Å². The summed E-state index contributed by atoms with van der Waals surface area (Å²) in [4.78, 5) is 10.7. The van der Waals surface area contributed by atoms with E-state index in [-0.39, 0.29) is 6.54 Å². The normalized spacial score (nSPS) is 10.5. The molecule has 0 aliphatic heterocycles. The maximum absolute atomic E-state index is 10.7. The van der Waals surface area contributed by atoms with Gasteiger partial charge in [-0.05, 0) is 12.0 Å². The van der Waals surface area contributed by atoms with E-state index in [9.17, 15) is 4.79 Å². The van der Waals surface area contributed by atoms with Gasteiger partial charge in [0.25, 0.3) is 0 Å². The predicted octanol–water partition coefficient (Wildman–Crippen LogP) is 2.59. The highest BCUT2D eigenvalue weighted by atomic mass is 16.4.